The molecule has 420 valence electrons. The zero-order chi connectivity index (χ0) is 56.2. The number of Topliss-reactive ketones (excluding diaryl/α,β-unsaturated/α-hetero) is 2. The maximum absolute atomic E-state index is 13.6. The molecule has 8 heterocycles. The van der Waals surface area contributed by atoms with Crippen molar-refractivity contribution in [1.82, 2.24) is 69.6 Å². The zero-order valence-corrected chi connectivity index (χ0v) is 50.1. The lowest BCUT2D eigenvalue weighted by atomic mass is 10.0. The molecule has 81 heavy (non-hydrogen) atoms. The van der Waals surface area contributed by atoms with Crippen molar-refractivity contribution in [3.8, 4) is 22.3 Å². The minimum Gasteiger partial charge on any atom is -0.480 e. The molecule has 6 aromatic heterocycles. The van der Waals surface area contributed by atoms with E-state index in [4.69, 9.17) is 5.11 Å². The molecule has 6 atom stereocenters. The van der Waals surface area contributed by atoms with Crippen molar-refractivity contribution in [2.45, 2.75) is 90.6 Å². The number of hydrogen-bond donors (Lipinski definition) is 4. The van der Waals surface area contributed by atoms with E-state index in [1.807, 2.05) is 37.3 Å². The number of carbonyl (C=O) groups is 6. The van der Waals surface area contributed by atoms with E-state index in [-0.39, 0.29) is 91.8 Å². The van der Waals surface area contributed by atoms with E-state index in [1.165, 1.54) is 37.3 Å². The van der Waals surface area contributed by atoms with Gasteiger partial charge in [0, 0.05) is 95.0 Å². The summed E-state index contributed by atoms with van der Waals surface area (Å²) in [5, 5.41) is 27.7. The van der Waals surface area contributed by atoms with E-state index in [0.717, 1.165) is 35.1 Å². The van der Waals surface area contributed by atoms with Gasteiger partial charge in [-0.15, -0.1) is 12.4 Å². The summed E-state index contributed by atoms with van der Waals surface area (Å²) in [5.74, 6) is 1.22. The van der Waals surface area contributed by atoms with Gasteiger partial charge in [0.05, 0.1) is 41.9 Å². The molecular weight excluding hydrogens is 1250 g/mol. The van der Waals surface area contributed by atoms with Gasteiger partial charge in [-0.2, -0.15) is 23.7 Å². The number of aromatic nitrogens is 12. The van der Waals surface area contributed by atoms with Crippen LogP contribution in [-0.4, -0.2) is 129 Å². The second kappa shape index (κ2) is 26.7. The van der Waals surface area contributed by atoms with E-state index in [1.54, 1.807) is 59.8 Å². The molecule has 2 aromatic carbocycles. The van der Waals surface area contributed by atoms with Crippen LogP contribution in [0.4, 0.5) is 11.6 Å². The maximum Gasteiger partial charge on any atom is 0.325 e. The Morgan fingerprint density at radius 1 is 0.642 bits per heavy atom. The SMILES string of the molecule is CC(=O)c1nn(CC(=O)N2[C@@H]3C[C@@H]3C[C@H]2C(=O)Nc2cncc(Br)n2)c2ccc(-c3cnc(C)nc3)cc12.CC(=O)c1nn(CC(=O)O)c2ccc(-c3cnc(C)nc3)cc12.Cl.O=C(Nc1cncc(Br)n1)[C@@H]1C[C@H]2C[C@H]2N1.S.S=S. The third-order valence-corrected chi connectivity index (χ3v) is 14.3. The first kappa shape index (κ1) is 61.5. The number of aliphatic carboxylic acids is 1. The van der Waals surface area contributed by atoms with Crippen LogP contribution in [0, 0.1) is 25.7 Å². The number of aryl methyl sites for hydroxylation is 2. The number of likely N-dealkylation sites (tertiary alicyclic amines) is 1. The van der Waals surface area contributed by atoms with Crippen LogP contribution in [0.1, 0.15) is 72.2 Å². The van der Waals surface area contributed by atoms with Crippen LogP contribution >= 0.6 is 57.8 Å². The summed E-state index contributed by atoms with van der Waals surface area (Å²) >= 11 is 13.8. The van der Waals surface area contributed by atoms with Crippen molar-refractivity contribution < 1.29 is 33.9 Å². The third-order valence-electron chi connectivity index (χ3n) is 13.6. The highest BCUT2D eigenvalue weighted by Gasteiger charge is 2.56. The first-order valence-electron chi connectivity index (χ1n) is 24.6. The number of piperidine rings is 2. The van der Waals surface area contributed by atoms with Gasteiger partial charge in [0.25, 0.3) is 0 Å². The van der Waals surface area contributed by atoms with Gasteiger partial charge in [0.15, 0.2) is 23.2 Å². The van der Waals surface area contributed by atoms with Gasteiger partial charge in [0.2, 0.25) is 17.7 Å². The van der Waals surface area contributed by atoms with Crippen LogP contribution in [-0.2, 0) is 54.6 Å². The summed E-state index contributed by atoms with van der Waals surface area (Å²) in [6.45, 7) is 6.10. The summed E-state index contributed by atoms with van der Waals surface area (Å²) in [6, 6.07) is 11.0. The molecule has 0 bridgehead atoms. The number of nitrogens with zero attached hydrogens (tertiary/aromatic N) is 13. The standard InChI is InChI=1S/C26H23BrN8O3.C16H14N4O3.C10H11BrN4O.ClH.S2.H2S/c1-13(36)25-18-5-15(17-8-29-14(2)30-9-17)3-4-19(18)34(33-25)12-24(37)35-20-6-16(20)7-21(35)26(38)32-23-11-28-10-22(27)31-23;1-9(21)16-13-5-11(12-6-17-10(2)18-7-12)3-4-14(13)20(19-16)8-15(22)23;11-8-3-12-4-9(14-8)15-10(16)7-2-5-1-6(5)13-7;;1-2;/h3-5,8-11,16,20-21H,6-7,12H2,1-2H3,(H,31,32,38);3-7H,8H2,1-2H3,(H,22,23);3-7,13H,1-2H2,(H,14,15,16);1H;;1H2/t16-,20-,21+;;5-,6-,7+;;;/m1.1.../s1. The Labute approximate surface area is 502 Å². The van der Waals surface area contributed by atoms with Crippen LogP contribution in [0.25, 0.3) is 44.1 Å². The minimum absolute atomic E-state index is 0. The predicted molar refractivity (Wildman–Crippen MR) is 318 cm³/mol. The first-order valence-corrected chi connectivity index (χ1v) is 27.5. The van der Waals surface area contributed by atoms with Gasteiger partial charge < -0.3 is 26.0 Å². The van der Waals surface area contributed by atoms with Crippen LogP contribution in [0.5, 0.6) is 0 Å². The molecule has 4 N–H and O–H groups in total. The number of amides is 3. The van der Waals surface area contributed by atoms with Gasteiger partial charge in [-0.1, -0.05) is 12.1 Å². The number of ketones is 2. The molecule has 29 heteroatoms. The van der Waals surface area contributed by atoms with Crippen LogP contribution < -0.4 is 16.0 Å². The van der Waals surface area contributed by atoms with E-state index in [2.05, 4.69) is 120 Å². The number of carboxylic acid groups (broad SMARTS) is 1. The number of rotatable bonds is 12. The topological polar surface area (TPSA) is 301 Å². The highest BCUT2D eigenvalue weighted by atomic mass is 79.9. The first-order chi connectivity index (χ1) is 38.0. The molecule has 23 nitrogen and oxygen atoms in total. The largest absolute Gasteiger partial charge is 0.480 e. The Hall–Kier alpha value is -7.08. The summed E-state index contributed by atoms with van der Waals surface area (Å²) in [5.41, 5.74) is 5.14. The molecule has 3 amide bonds. The normalized spacial score (nSPS) is 18.6. The zero-order valence-electron chi connectivity index (χ0n) is 43.5. The van der Waals surface area contributed by atoms with Gasteiger partial charge >= 0.3 is 5.97 Å². The van der Waals surface area contributed by atoms with E-state index >= 15 is 0 Å². The Kier molecular flexibility index (Phi) is 20.3. The molecule has 0 spiro atoms. The molecule has 12 rings (SSSR count). The average molecular weight is 1300 g/mol. The summed E-state index contributed by atoms with van der Waals surface area (Å²) in [4.78, 5) is 108. The predicted octanol–water partition coefficient (Wildman–Crippen LogP) is 6.73. The van der Waals surface area contributed by atoms with Crippen LogP contribution in [0.15, 0.2) is 95.2 Å². The van der Waals surface area contributed by atoms with Crippen LogP contribution in [0.3, 0.4) is 0 Å². The monoisotopic (exact) mass is 1300 g/mol. The second-order valence-corrected chi connectivity index (χ2v) is 20.8. The van der Waals surface area contributed by atoms with E-state index in [0.29, 0.717) is 78.6 Å². The van der Waals surface area contributed by atoms with Crippen molar-refractivity contribution in [3.63, 3.8) is 0 Å². The number of benzene rings is 2. The molecule has 8 aromatic rings. The Balaban J connectivity index is 0.000000187. The molecule has 0 unspecified atom stereocenters. The summed E-state index contributed by atoms with van der Waals surface area (Å²) < 4.78 is 3.99. The van der Waals surface area contributed by atoms with Crippen molar-refractivity contribution in [3.05, 3.63) is 118 Å². The van der Waals surface area contributed by atoms with Crippen molar-refractivity contribution in [2.24, 2.45) is 11.8 Å². The maximum atomic E-state index is 13.6. The van der Waals surface area contributed by atoms with Gasteiger partial charge in [0.1, 0.15) is 51.4 Å². The van der Waals surface area contributed by atoms with E-state index < -0.39 is 12.0 Å². The number of halogens is 3. The van der Waals surface area contributed by atoms with Crippen molar-refractivity contribution >= 4 is 149 Å². The number of carboxylic acids is 1. The minimum atomic E-state index is -1.01. The Morgan fingerprint density at radius 3 is 1.57 bits per heavy atom. The number of carbonyl (C=O) groups excluding carboxylic acids is 5. The molecule has 4 aliphatic rings. The fourth-order valence-corrected chi connectivity index (χ4v) is 10.3. The smallest absolute Gasteiger partial charge is 0.325 e. The molecule has 2 aliphatic carbocycles. The summed E-state index contributed by atoms with van der Waals surface area (Å²) in [7, 11) is 0. The lowest BCUT2D eigenvalue weighted by molar-refractivity contribution is -0.138. The van der Waals surface area contributed by atoms with Gasteiger partial charge in [-0.25, -0.2) is 29.9 Å². The third kappa shape index (κ3) is 14.5. The Bertz CT molecular complexity index is 3680. The van der Waals surface area contributed by atoms with Crippen molar-refractivity contribution in [2.75, 3.05) is 10.6 Å². The highest BCUT2D eigenvalue weighted by Crippen LogP contribution is 2.48. The fraction of sp³-hybridized carbons (Fsp3) is 0.308. The lowest BCUT2D eigenvalue weighted by Crippen LogP contribution is -2.46. The summed E-state index contributed by atoms with van der Waals surface area (Å²) in [6.07, 6.45) is 16.6. The quantitative estimate of drug-likeness (QED) is 0.0921. The highest BCUT2D eigenvalue weighted by molar-refractivity contribution is 9.10. The van der Waals surface area contributed by atoms with Crippen LogP contribution in [0.2, 0.25) is 0 Å². The second-order valence-electron chi connectivity index (χ2n) is 19.1. The fourth-order valence-electron chi connectivity index (χ4n) is 9.70. The lowest BCUT2D eigenvalue weighted by Gasteiger charge is -2.26. The number of fused-ring (bicyclic) bond motifs is 4. The molecule has 2 aliphatic heterocycles. The van der Waals surface area contributed by atoms with Crippen molar-refractivity contribution in [1.29, 1.82) is 0 Å². The number of hydrogen-bond acceptors (Lipinski definition) is 19. The molecule has 2 saturated carbocycles. The van der Waals surface area contributed by atoms with Gasteiger partial charge in [-0.05, 0) is 119 Å². The van der Waals surface area contributed by atoms with Gasteiger partial charge in [-0.3, -0.25) is 48.1 Å². The molecule has 0 radical (unpaired) electrons. The molecular formula is C52H51Br2ClN16O7S3. The molecule has 4 fully saturated rings. The Morgan fingerprint density at radius 2 is 1.12 bits per heavy atom. The number of nitrogens with one attached hydrogen (secondary N) is 3. The van der Waals surface area contributed by atoms with E-state index in [9.17, 15) is 28.8 Å². The molecule has 2 saturated heterocycles. The number of anilines is 2. The average Bonchev–Trinajstić information content (AvgIpc) is 3.34.